The van der Waals surface area contributed by atoms with Crippen molar-refractivity contribution in [2.24, 2.45) is 0 Å². The SMILES string of the molecule is O=C(NCCc1ccc(Cl)cc1Cl)c1cc(Cl)ncc1Oc1cccc(Cl)c1. The maximum Gasteiger partial charge on any atom is 0.255 e. The van der Waals surface area contributed by atoms with Gasteiger partial charge in [0.2, 0.25) is 0 Å². The third-order valence-corrected chi connectivity index (χ3v) is 4.83. The van der Waals surface area contributed by atoms with Crippen molar-refractivity contribution in [3.63, 3.8) is 0 Å². The van der Waals surface area contributed by atoms with Gasteiger partial charge in [0.05, 0.1) is 11.8 Å². The van der Waals surface area contributed by atoms with Crippen LogP contribution >= 0.6 is 46.4 Å². The number of hydrogen-bond acceptors (Lipinski definition) is 3. The first kappa shape index (κ1) is 20.7. The maximum atomic E-state index is 12.6. The Labute approximate surface area is 182 Å². The van der Waals surface area contributed by atoms with E-state index in [2.05, 4.69) is 10.3 Å². The van der Waals surface area contributed by atoms with Gasteiger partial charge in [0.15, 0.2) is 5.75 Å². The molecule has 3 aromatic rings. The van der Waals surface area contributed by atoms with Crippen molar-refractivity contribution in [3.05, 3.63) is 86.1 Å². The van der Waals surface area contributed by atoms with Crippen molar-refractivity contribution in [1.29, 1.82) is 0 Å². The summed E-state index contributed by atoms with van der Waals surface area (Å²) in [4.78, 5) is 16.6. The van der Waals surface area contributed by atoms with Gasteiger partial charge in [-0.2, -0.15) is 0 Å². The minimum Gasteiger partial charge on any atom is -0.455 e. The number of benzene rings is 2. The Hall–Kier alpha value is -1.98. The Morgan fingerprint density at radius 1 is 1.00 bits per heavy atom. The second-order valence-electron chi connectivity index (χ2n) is 5.80. The van der Waals surface area contributed by atoms with Crippen molar-refractivity contribution in [1.82, 2.24) is 10.3 Å². The van der Waals surface area contributed by atoms with Crippen LogP contribution in [0.5, 0.6) is 11.5 Å². The summed E-state index contributed by atoms with van der Waals surface area (Å²) in [6.45, 7) is 0.372. The van der Waals surface area contributed by atoms with E-state index in [0.717, 1.165) is 5.56 Å². The zero-order valence-electron chi connectivity index (χ0n) is 14.4. The summed E-state index contributed by atoms with van der Waals surface area (Å²) in [6, 6.07) is 13.5. The highest BCUT2D eigenvalue weighted by molar-refractivity contribution is 6.35. The van der Waals surface area contributed by atoms with Crippen LogP contribution in [0, 0.1) is 0 Å². The van der Waals surface area contributed by atoms with Gasteiger partial charge in [-0.1, -0.05) is 58.5 Å². The number of pyridine rings is 1. The van der Waals surface area contributed by atoms with Crippen LogP contribution in [-0.2, 0) is 6.42 Å². The van der Waals surface area contributed by atoms with Crippen LogP contribution in [-0.4, -0.2) is 17.4 Å². The predicted octanol–water partition coefficient (Wildman–Crippen LogP) is 6.46. The van der Waals surface area contributed by atoms with Crippen LogP contribution in [0.2, 0.25) is 20.2 Å². The van der Waals surface area contributed by atoms with E-state index in [4.69, 9.17) is 51.1 Å². The van der Waals surface area contributed by atoms with Crippen LogP contribution in [0.25, 0.3) is 0 Å². The highest BCUT2D eigenvalue weighted by Gasteiger charge is 2.15. The molecule has 0 saturated heterocycles. The summed E-state index contributed by atoms with van der Waals surface area (Å²) in [6.07, 6.45) is 1.94. The second-order valence-corrected chi connectivity index (χ2v) is 7.47. The highest BCUT2D eigenvalue weighted by atomic mass is 35.5. The van der Waals surface area contributed by atoms with E-state index >= 15 is 0 Å². The monoisotopic (exact) mass is 454 g/mol. The number of hydrogen-bond donors (Lipinski definition) is 1. The third-order valence-electron chi connectivity index (χ3n) is 3.80. The number of rotatable bonds is 6. The molecule has 0 aliphatic rings. The van der Waals surface area contributed by atoms with Gasteiger partial charge >= 0.3 is 0 Å². The molecule has 0 unspecified atom stereocenters. The molecule has 1 aromatic heterocycles. The molecule has 1 amide bonds. The Bertz CT molecular complexity index is 1010. The molecule has 0 radical (unpaired) electrons. The summed E-state index contributed by atoms with van der Waals surface area (Å²) in [5.74, 6) is 0.415. The van der Waals surface area contributed by atoms with Crippen molar-refractivity contribution in [2.75, 3.05) is 6.54 Å². The van der Waals surface area contributed by atoms with Gasteiger partial charge in [0, 0.05) is 21.6 Å². The van der Waals surface area contributed by atoms with E-state index in [0.29, 0.717) is 33.8 Å². The van der Waals surface area contributed by atoms with Crippen molar-refractivity contribution < 1.29 is 9.53 Å². The fourth-order valence-corrected chi connectivity index (χ4v) is 3.31. The molecule has 1 N–H and O–H groups in total. The quantitative estimate of drug-likeness (QED) is 0.434. The number of amides is 1. The second kappa shape index (κ2) is 9.48. The predicted molar refractivity (Wildman–Crippen MR) is 113 cm³/mol. The molecule has 0 fully saturated rings. The zero-order chi connectivity index (χ0) is 20.1. The summed E-state index contributed by atoms with van der Waals surface area (Å²) in [5, 5.41) is 4.65. The largest absolute Gasteiger partial charge is 0.455 e. The van der Waals surface area contributed by atoms with Crippen LogP contribution in [0.3, 0.4) is 0 Å². The van der Waals surface area contributed by atoms with E-state index < -0.39 is 0 Å². The first-order chi connectivity index (χ1) is 13.4. The lowest BCUT2D eigenvalue weighted by Gasteiger charge is -2.12. The Kier molecular flexibility index (Phi) is 7.03. The number of aromatic nitrogens is 1. The average Bonchev–Trinajstić information content (AvgIpc) is 2.65. The number of ether oxygens (including phenoxy) is 1. The standard InChI is InChI=1S/C20H14Cl4N2O2/c21-13-2-1-3-15(8-13)28-18-11-26-19(24)10-16(18)20(27)25-7-6-12-4-5-14(22)9-17(12)23/h1-5,8-11H,6-7H2,(H,25,27). The van der Waals surface area contributed by atoms with Crippen LogP contribution in [0.4, 0.5) is 0 Å². The zero-order valence-corrected chi connectivity index (χ0v) is 17.4. The molecular weight excluding hydrogens is 442 g/mol. The van der Waals surface area contributed by atoms with E-state index in [-0.39, 0.29) is 22.4 Å². The van der Waals surface area contributed by atoms with Gasteiger partial charge < -0.3 is 10.1 Å². The van der Waals surface area contributed by atoms with E-state index in [9.17, 15) is 4.79 Å². The van der Waals surface area contributed by atoms with Crippen molar-refractivity contribution in [2.45, 2.75) is 6.42 Å². The van der Waals surface area contributed by atoms with Gasteiger partial charge in [0.1, 0.15) is 10.9 Å². The summed E-state index contributed by atoms with van der Waals surface area (Å²) < 4.78 is 5.76. The highest BCUT2D eigenvalue weighted by Crippen LogP contribution is 2.28. The molecule has 8 heteroatoms. The van der Waals surface area contributed by atoms with E-state index in [1.807, 2.05) is 6.07 Å². The van der Waals surface area contributed by atoms with Crippen molar-refractivity contribution in [3.8, 4) is 11.5 Å². The molecule has 1 heterocycles. The molecule has 4 nitrogen and oxygen atoms in total. The van der Waals surface area contributed by atoms with Gasteiger partial charge in [0.25, 0.3) is 5.91 Å². The average molecular weight is 456 g/mol. The summed E-state index contributed by atoms with van der Waals surface area (Å²) in [5.41, 5.74) is 1.15. The smallest absolute Gasteiger partial charge is 0.255 e. The molecule has 0 aliphatic heterocycles. The molecule has 28 heavy (non-hydrogen) atoms. The van der Waals surface area contributed by atoms with E-state index in [1.54, 1.807) is 36.4 Å². The molecule has 0 bridgehead atoms. The van der Waals surface area contributed by atoms with Gasteiger partial charge in [-0.25, -0.2) is 4.98 Å². The lowest BCUT2D eigenvalue weighted by Crippen LogP contribution is -2.26. The van der Waals surface area contributed by atoms with Gasteiger partial charge in [-0.15, -0.1) is 0 Å². The van der Waals surface area contributed by atoms with Crippen LogP contribution in [0.15, 0.2) is 54.7 Å². The summed E-state index contributed by atoms with van der Waals surface area (Å²) >= 11 is 24.0. The topological polar surface area (TPSA) is 51.2 Å². The normalized spacial score (nSPS) is 10.6. The first-order valence-electron chi connectivity index (χ1n) is 8.23. The maximum absolute atomic E-state index is 12.6. The number of halogens is 4. The lowest BCUT2D eigenvalue weighted by molar-refractivity contribution is 0.0951. The molecule has 0 saturated carbocycles. The Morgan fingerprint density at radius 2 is 1.79 bits per heavy atom. The number of nitrogens with zero attached hydrogens (tertiary/aromatic N) is 1. The molecule has 144 valence electrons. The molecule has 2 aromatic carbocycles. The molecule has 3 rings (SSSR count). The molecule has 0 atom stereocenters. The minimum absolute atomic E-state index is 0.185. The Balaban J connectivity index is 1.71. The lowest BCUT2D eigenvalue weighted by atomic mass is 10.1. The Morgan fingerprint density at radius 3 is 2.54 bits per heavy atom. The fraction of sp³-hybridized carbons (Fsp3) is 0.100. The number of nitrogens with one attached hydrogen (secondary N) is 1. The number of carbonyl (C=O) groups excluding carboxylic acids is 1. The molecular formula is C20H14Cl4N2O2. The van der Waals surface area contributed by atoms with Gasteiger partial charge in [-0.05, 0) is 48.4 Å². The fourth-order valence-electron chi connectivity index (χ4n) is 2.46. The minimum atomic E-state index is -0.341. The molecule has 0 spiro atoms. The van der Waals surface area contributed by atoms with Crippen LogP contribution < -0.4 is 10.1 Å². The van der Waals surface area contributed by atoms with Crippen LogP contribution in [0.1, 0.15) is 15.9 Å². The van der Waals surface area contributed by atoms with Crippen molar-refractivity contribution >= 4 is 52.3 Å². The van der Waals surface area contributed by atoms with E-state index in [1.165, 1.54) is 12.3 Å². The first-order valence-corrected chi connectivity index (χ1v) is 9.74. The number of carbonyl (C=O) groups is 1. The third kappa shape index (κ3) is 5.52. The summed E-state index contributed by atoms with van der Waals surface area (Å²) in [7, 11) is 0. The van der Waals surface area contributed by atoms with Gasteiger partial charge in [-0.3, -0.25) is 4.79 Å². The molecule has 0 aliphatic carbocycles.